The summed E-state index contributed by atoms with van der Waals surface area (Å²) in [5, 5.41) is 9.56. The van der Waals surface area contributed by atoms with E-state index in [-0.39, 0.29) is 12.3 Å². The first-order valence-corrected chi connectivity index (χ1v) is 8.00. The Hall–Kier alpha value is -2.96. The van der Waals surface area contributed by atoms with Crippen LogP contribution in [0.15, 0.2) is 40.9 Å². The summed E-state index contributed by atoms with van der Waals surface area (Å²) >= 11 is 0. The fraction of sp³-hybridized carbons (Fsp3) is 0.294. The van der Waals surface area contributed by atoms with Crippen LogP contribution in [-0.2, 0) is 11.2 Å². The number of oxazole rings is 1. The van der Waals surface area contributed by atoms with E-state index in [1.54, 1.807) is 6.20 Å². The summed E-state index contributed by atoms with van der Waals surface area (Å²) in [6.45, 7) is 0. The number of benzene rings is 1. The molecule has 24 heavy (non-hydrogen) atoms. The average molecular weight is 323 g/mol. The van der Waals surface area contributed by atoms with E-state index in [0.29, 0.717) is 29.9 Å². The van der Waals surface area contributed by atoms with Gasteiger partial charge in [0.2, 0.25) is 11.9 Å². The van der Waals surface area contributed by atoms with Crippen molar-refractivity contribution in [2.24, 2.45) is 0 Å². The highest BCUT2D eigenvalue weighted by Gasteiger charge is 2.27. The van der Waals surface area contributed by atoms with Gasteiger partial charge in [-0.25, -0.2) is 4.98 Å². The van der Waals surface area contributed by atoms with Crippen LogP contribution in [0.3, 0.4) is 0 Å². The summed E-state index contributed by atoms with van der Waals surface area (Å²) < 4.78 is 5.69. The molecule has 1 fully saturated rings. The molecule has 7 nitrogen and oxygen atoms in total. The van der Waals surface area contributed by atoms with E-state index in [4.69, 9.17) is 4.42 Å². The van der Waals surface area contributed by atoms with Crippen molar-refractivity contribution in [1.29, 1.82) is 0 Å². The third-order valence-electron chi connectivity index (χ3n) is 3.90. The number of H-pyrrole nitrogens is 1. The lowest BCUT2D eigenvalue weighted by Gasteiger charge is -1.99. The number of aromatic amines is 1. The Morgan fingerprint density at radius 1 is 1.29 bits per heavy atom. The van der Waals surface area contributed by atoms with Gasteiger partial charge in [-0.1, -0.05) is 30.3 Å². The lowest BCUT2D eigenvalue weighted by molar-refractivity contribution is -0.116. The Labute approximate surface area is 138 Å². The summed E-state index contributed by atoms with van der Waals surface area (Å²) in [6.07, 6.45) is 4.65. The van der Waals surface area contributed by atoms with Crippen molar-refractivity contribution in [3.8, 4) is 11.3 Å². The van der Waals surface area contributed by atoms with Gasteiger partial charge < -0.3 is 4.42 Å². The minimum atomic E-state index is -0.157. The summed E-state index contributed by atoms with van der Waals surface area (Å²) in [7, 11) is 0. The standard InChI is InChI=1S/C17H17N5O2/c23-14(19-17-20-16(21-22-17)12-6-7-12)8-9-15-18-10-13(24-15)11-4-2-1-3-5-11/h1-5,10,12H,6-9H2,(H2,19,20,21,22,23). The Morgan fingerprint density at radius 3 is 2.92 bits per heavy atom. The molecule has 0 saturated heterocycles. The van der Waals surface area contributed by atoms with Gasteiger partial charge in [-0.05, 0) is 12.8 Å². The van der Waals surface area contributed by atoms with Crippen LogP contribution < -0.4 is 5.32 Å². The quantitative estimate of drug-likeness (QED) is 0.727. The van der Waals surface area contributed by atoms with Gasteiger partial charge in [-0.15, -0.1) is 5.10 Å². The molecular formula is C17H17N5O2. The van der Waals surface area contributed by atoms with Crippen molar-refractivity contribution in [2.45, 2.75) is 31.6 Å². The Balaban J connectivity index is 1.31. The third kappa shape index (κ3) is 3.34. The topological polar surface area (TPSA) is 96.7 Å². The van der Waals surface area contributed by atoms with Crippen LogP contribution in [0.1, 0.15) is 36.9 Å². The number of nitrogens with zero attached hydrogens (tertiary/aromatic N) is 3. The normalized spacial score (nSPS) is 13.8. The molecule has 7 heteroatoms. The predicted octanol–water partition coefficient (Wildman–Crippen LogP) is 2.91. The number of carbonyl (C=O) groups is 1. The van der Waals surface area contributed by atoms with E-state index in [1.165, 1.54) is 0 Å². The third-order valence-corrected chi connectivity index (χ3v) is 3.90. The first kappa shape index (κ1) is 14.6. The van der Waals surface area contributed by atoms with Crippen LogP contribution in [0.2, 0.25) is 0 Å². The maximum atomic E-state index is 12.0. The van der Waals surface area contributed by atoms with Crippen LogP contribution in [0.5, 0.6) is 0 Å². The number of hydrogen-bond donors (Lipinski definition) is 2. The molecule has 2 heterocycles. The maximum absolute atomic E-state index is 12.0. The second-order valence-electron chi connectivity index (χ2n) is 5.85. The number of hydrogen-bond acceptors (Lipinski definition) is 5. The van der Waals surface area contributed by atoms with Crippen molar-refractivity contribution in [3.63, 3.8) is 0 Å². The molecule has 1 aromatic carbocycles. The van der Waals surface area contributed by atoms with Crippen LogP contribution in [-0.4, -0.2) is 26.1 Å². The van der Waals surface area contributed by atoms with Gasteiger partial charge in [0.1, 0.15) is 5.82 Å². The predicted molar refractivity (Wildman–Crippen MR) is 87.2 cm³/mol. The van der Waals surface area contributed by atoms with Crippen molar-refractivity contribution >= 4 is 11.9 Å². The van der Waals surface area contributed by atoms with E-state index < -0.39 is 0 Å². The minimum absolute atomic E-state index is 0.157. The molecule has 0 aliphatic heterocycles. The molecule has 2 N–H and O–H groups in total. The highest BCUT2D eigenvalue weighted by molar-refractivity contribution is 5.88. The molecule has 0 bridgehead atoms. The number of carbonyl (C=O) groups excluding carboxylic acids is 1. The molecule has 0 spiro atoms. The molecule has 0 atom stereocenters. The largest absolute Gasteiger partial charge is 0.441 e. The van der Waals surface area contributed by atoms with Crippen LogP contribution in [0.4, 0.5) is 5.95 Å². The highest BCUT2D eigenvalue weighted by Crippen LogP contribution is 2.38. The van der Waals surface area contributed by atoms with Gasteiger partial charge >= 0.3 is 0 Å². The average Bonchev–Trinajstić information content (AvgIpc) is 3.17. The highest BCUT2D eigenvalue weighted by atomic mass is 16.4. The summed E-state index contributed by atoms with van der Waals surface area (Å²) in [5.41, 5.74) is 0.967. The zero-order chi connectivity index (χ0) is 16.4. The monoisotopic (exact) mass is 323 g/mol. The molecule has 1 aliphatic rings. The summed E-state index contributed by atoms with van der Waals surface area (Å²) in [6, 6.07) is 9.74. The van der Waals surface area contributed by atoms with Crippen LogP contribution in [0.25, 0.3) is 11.3 Å². The van der Waals surface area contributed by atoms with Gasteiger partial charge in [0.25, 0.3) is 0 Å². The van der Waals surface area contributed by atoms with Crippen molar-refractivity contribution in [3.05, 3.63) is 48.2 Å². The van der Waals surface area contributed by atoms with E-state index in [2.05, 4.69) is 25.5 Å². The number of aromatic nitrogens is 4. The maximum Gasteiger partial charge on any atom is 0.248 e. The number of anilines is 1. The molecule has 1 saturated carbocycles. The fourth-order valence-electron chi connectivity index (χ4n) is 2.44. The van der Waals surface area contributed by atoms with E-state index in [0.717, 1.165) is 24.2 Å². The van der Waals surface area contributed by atoms with Gasteiger partial charge in [0.15, 0.2) is 11.7 Å². The van der Waals surface area contributed by atoms with Crippen molar-refractivity contribution in [1.82, 2.24) is 20.2 Å². The van der Waals surface area contributed by atoms with Crippen molar-refractivity contribution < 1.29 is 9.21 Å². The molecular weight excluding hydrogens is 306 g/mol. The molecule has 1 amide bonds. The lowest BCUT2D eigenvalue weighted by atomic mass is 10.2. The van der Waals surface area contributed by atoms with E-state index in [1.807, 2.05) is 30.3 Å². The second kappa shape index (κ2) is 6.27. The second-order valence-corrected chi connectivity index (χ2v) is 5.85. The minimum Gasteiger partial charge on any atom is -0.441 e. The first-order valence-electron chi connectivity index (χ1n) is 8.00. The zero-order valence-electron chi connectivity index (χ0n) is 13.0. The number of aryl methyl sites for hydroxylation is 1. The van der Waals surface area contributed by atoms with Gasteiger partial charge in [-0.3, -0.25) is 15.2 Å². The van der Waals surface area contributed by atoms with E-state index in [9.17, 15) is 4.79 Å². The van der Waals surface area contributed by atoms with Gasteiger partial charge in [-0.2, -0.15) is 4.98 Å². The van der Waals surface area contributed by atoms with Crippen LogP contribution in [0, 0.1) is 0 Å². The van der Waals surface area contributed by atoms with Gasteiger partial charge in [0.05, 0.1) is 6.20 Å². The van der Waals surface area contributed by atoms with E-state index >= 15 is 0 Å². The van der Waals surface area contributed by atoms with Crippen molar-refractivity contribution in [2.75, 3.05) is 5.32 Å². The first-order chi connectivity index (χ1) is 11.8. The number of nitrogens with one attached hydrogen (secondary N) is 2. The molecule has 122 valence electrons. The lowest BCUT2D eigenvalue weighted by Crippen LogP contribution is -2.13. The molecule has 1 aliphatic carbocycles. The number of amides is 1. The van der Waals surface area contributed by atoms with Crippen LogP contribution >= 0.6 is 0 Å². The molecule has 0 unspecified atom stereocenters. The molecule has 4 rings (SSSR count). The molecule has 3 aromatic rings. The summed E-state index contributed by atoms with van der Waals surface area (Å²) in [5.74, 6) is 2.75. The fourth-order valence-corrected chi connectivity index (χ4v) is 2.44. The van der Waals surface area contributed by atoms with Gasteiger partial charge in [0, 0.05) is 24.3 Å². The Bertz CT molecular complexity index is 836. The Kier molecular flexibility index (Phi) is 3.82. The number of rotatable bonds is 6. The molecule has 2 aromatic heterocycles. The Morgan fingerprint density at radius 2 is 2.12 bits per heavy atom. The zero-order valence-corrected chi connectivity index (χ0v) is 13.0. The summed E-state index contributed by atoms with van der Waals surface area (Å²) in [4.78, 5) is 20.5. The SMILES string of the molecule is O=C(CCc1ncc(-c2ccccc2)o1)Nc1n[nH]c(C2CC2)n1. The smallest absolute Gasteiger partial charge is 0.248 e. The molecule has 0 radical (unpaired) electrons.